The lowest BCUT2D eigenvalue weighted by Gasteiger charge is -2.38. The molecule has 2 atom stereocenters. The predicted octanol–water partition coefficient (Wildman–Crippen LogP) is 1.69. The third kappa shape index (κ3) is 3.83. The molecule has 0 radical (unpaired) electrons. The van der Waals surface area contributed by atoms with Crippen molar-refractivity contribution in [2.24, 2.45) is 11.3 Å². The number of fused-ring (bicyclic) bond motifs is 1. The molecule has 168 valence electrons. The molecule has 8 heteroatoms. The van der Waals surface area contributed by atoms with Gasteiger partial charge in [-0.15, -0.1) is 0 Å². The fourth-order valence-electron chi connectivity index (χ4n) is 5.42. The van der Waals surface area contributed by atoms with Crippen molar-refractivity contribution in [1.29, 1.82) is 0 Å². The van der Waals surface area contributed by atoms with E-state index in [2.05, 4.69) is 14.9 Å². The summed E-state index contributed by atoms with van der Waals surface area (Å²) in [4.78, 5) is 42.1. The van der Waals surface area contributed by atoms with Crippen LogP contribution in [0.5, 0.6) is 0 Å². The van der Waals surface area contributed by atoms with Crippen molar-refractivity contribution in [2.75, 3.05) is 57.4 Å². The Balaban J connectivity index is 1.45. The fourth-order valence-corrected chi connectivity index (χ4v) is 5.42. The minimum atomic E-state index is -0.539. The van der Waals surface area contributed by atoms with Crippen LogP contribution in [0.3, 0.4) is 0 Å². The Kier molecular flexibility index (Phi) is 5.78. The topological polar surface area (TPSA) is 78.9 Å². The van der Waals surface area contributed by atoms with Crippen LogP contribution in [0, 0.1) is 11.3 Å². The number of aromatic nitrogens is 2. The van der Waals surface area contributed by atoms with Crippen LogP contribution in [-0.4, -0.2) is 84.1 Å². The molecule has 3 aliphatic heterocycles. The summed E-state index contributed by atoms with van der Waals surface area (Å²) in [7, 11) is 0. The maximum atomic E-state index is 13.9. The summed E-state index contributed by atoms with van der Waals surface area (Å²) in [6.07, 6.45) is 5.03. The maximum absolute atomic E-state index is 13.9. The third-order valence-corrected chi connectivity index (χ3v) is 7.05. The Morgan fingerprint density at radius 1 is 0.938 bits per heavy atom. The molecule has 8 nitrogen and oxygen atoms in total. The van der Waals surface area contributed by atoms with Gasteiger partial charge in [-0.2, -0.15) is 0 Å². The van der Waals surface area contributed by atoms with Gasteiger partial charge >= 0.3 is 0 Å². The smallest absolute Gasteiger partial charge is 0.253 e. The molecule has 3 aliphatic rings. The number of morpholine rings is 1. The average molecular weight is 436 g/mol. The Labute approximate surface area is 188 Å². The minimum absolute atomic E-state index is 0.0248. The Hall–Kier alpha value is -3.00. The van der Waals surface area contributed by atoms with E-state index >= 15 is 0 Å². The highest BCUT2D eigenvalue weighted by Gasteiger charge is 2.55. The van der Waals surface area contributed by atoms with Crippen molar-refractivity contribution in [3.05, 3.63) is 54.4 Å². The van der Waals surface area contributed by atoms with Crippen LogP contribution in [-0.2, 0) is 9.53 Å². The monoisotopic (exact) mass is 435 g/mol. The Bertz CT molecular complexity index is 951. The highest BCUT2D eigenvalue weighted by molar-refractivity contribution is 5.94. The van der Waals surface area contributed by atoms with Crippen LogP contribution in [0.2, 0.25) is 0 Å². The van der Waals surface area contributed by atoms with E-state index in [4.69, 9.17) is 4.74 Å². The van der Waals surface area contributed by atoms with E-state index < -0.39 is 5.41 Å². The van der Waals surface area contributed by atoms with E-state index in [0.717, 1.165) is 12.8 Å². The summed E-state index contributed by atoms with van der Waals surface area (Å²) in [5.41, 5.74) is 0.156. The van der Waals surface area contributed by atoms with E-state index in [1.165, 1.54) is 0 Å². The largest absolute Gasteiger partial charge is 0.378 e. The maximum Gasteiger partial charge on any atom is 0.253 e. The van der Waals surface area contributed by atoms with Crippen molar-refractivity contribution >= 4 is 17.8 Å². The lowest BCUT2D eigenvalue weighted by molar-refractivity contribution is -0.148. The van der Waals surface area contributed by atoms with Gasteiger partial charge in [-0.3, -0.25) is 9.59 Å². The summed E-state index contributed by atoms with van der Waals surface area (Å²) < 4.78 is 5.48. The zero-order chi connectivity index (χ0) is 22.0. The van der Waals surface area contributed by atoms with E-state index in [0.29, 0.717) is 64.0 Å². The van der Waals surface area contributed by atoms with E-state index in [9.17, 15) is 9.59 Å². The first-order chi connectivity index (χ1) is 15.7. The second kappa shape index (κ2) is 8.86. The molecule has 0 bridgehead atoms. The van der Waals surface area contributed by atoms with E-state index in [1.807, 2.05) is 40.1 Å². The number of nitrogens with zero attached hydrogens (tertiary/aromatic N) is 5. The van der Waals surface area contributed by atoms with Crippen molar-refractivity contribution in [2.45, 2.75) is 12.8 Å². The summed E-state index contributed by atoms with van der Waals surface area (Å²) >= 11 is 0. The SMILES string of the molecule is O=C(c1ccccc1)N1CCC[C@]2(C(=O)N3CCOCC3)CN(c3ncccn3)C[C@@H]2C1. The highest BCUT2D eigenvalue weighted by Crippen LogP contribution is 2.45. The van der Waals surface area contributed by atoms with Crippen molar-refractivity contribution in [3.8, 4) is 0 Å². The molecule has 0 saturated carbocycles. The molecule has 3 saturated heterocycles. The molecule has 4 heterocycles. The van der Waals surface area contributed by atoms with Gasteiger partial charge in [0.1, 0.15) is 0 Å². The number of amides is 2. The molecule has 0 spiro atoms. The standard InChI is InChI=1S/C24H29N5O3/c30-21(19-6-2-1-3-7-19)28-11-4-8-24(22(31)27-12-14-32-15-13-27)18-29(17-20(24)16-28)23-25-9-5-10-26-23/h1-3,5-7,9-10,20H,4,8,11-18H2/t20-,24-/m0/s1. The first-order valence-corrected chi connectivity index (χ1v) is 11.4. The van der Waals surface area contributed by atoms with Crippen molar-refractivity contribution in [1.82, 2.24) is 19.8 Å². The first kappa shape index (κ1) is 20.9. The summed E-state index contributed by atoms with van der Waals surface area (Å²) in [5, 5.41) is 0. The predicted molar refractivity (Wildman–Crippen MR) is 119 cm³/mol. The van der Waals surface area contributed by atoms with Crippen LogP contribution in [0.1, 0.15) is 23.2 Å². The first-order valence-electron chi connectivity index (χ1n) is 11.4. The van der Waals surface area contributed by atoms with Gasteiger partial charge in [0.05, 0.1) is 18.6 Å². The Morgan fingerprint density at radius 3 is 2.44 bits per heavy atom. The molecule has 3 fully saturated rings. The third-order valence-electron chi connectivity index (χ3n) is 7.05. The van der Waals surface area contributed by atoms with Gasteiger partial charge in [0.2, 0.25) is 11.9 Å². The quantitative estimate of drug-likeness (QED) is 0.730. The van der Waals surface area contributed by atoms with Crippen LogP contribution in [0.15, 0.2) is 48.8 Å². The summed E-state index contributed by atoms with van der Waals surface area (Å²) in [5.74, 6) is 0.903. The zero-order valence-electron chi connectivity index (χ0n) is 18.2. The van der Waals surface area contributed by atoms with Gasteiger partial charge in [0.15, 0.2) is 0 Å². The van der Waals surface area contributed by atoms with Crippen LogP contribution >= 0.6 is 0 Å². The minimum Gasteiger partial charge on any atom is -0.378 e. The van der Waals surface area contributed by atoms with Crippen LogP contribution < -0.4 is 4.90 Å². The van der Waals surface area contributed by atoms with Gasteiger partial charge in [-0.1, -0.05) is 18.2 Å². The molecule has 5 rings (SSSR count). The lowest BCUT2D eigenvalue weighted by Crippen LogP contribution is -2.53. The average Bonchev–Trinajstić information content (AvgIpc) is 3.13. The van der Waals surface area contributed by atoms with Crippen molar-refractivity contribution < 1.29 is 14.3 Å². The molecular weight excluding hydrogens is 406 g/mol. The number of carbonyl (C=O) groups is 2. The van der Waals surface area contributed by atoms with Gasteiger partial charge in [0.25, 0.3) is 5.91 Å². The number of ether oxygens (including phenoxy) is 1. The molecule has 32 heavy (non-hydrogen) atoms. The molecule has 1 aromatic heterocycles. The highest BCUT2D eigenvalue weighted by atomic mass is 16.5. The second-order valence-corrected chi connectivity index (χ2v) is 8.91. The Morgan fingerprint density at radius 2 is 1.69 bits per heavy atom. The fraction of sp³-hybridized carbons (Fsp3) is 0.500. The molecule has 0 N–H and O–H groups in total. The number of hydrogen-bond donors (Lipinski definition) is 0. The molecule has 0 unspecified atom stereocenters. The number of carbonyl (C=O) groups excluding carboxylic acids is 2. The number of benzene rings is 1. The summed E-state index contributed by atoms with van der Waals surface area (Å²) in [6, 6.07) is 11.2. The van der Waals surface area contributed by atoms with Gasteiger partial charge in [-0.05, 0) is 31.0 Å². The molecule has 0 aliphatic carbocycles. The van der Waals surface area contributed by atoms with Gasteiger partial charge < -0.3 is 19.4 Å². The van der Waals surface area contributed by atoms with Gasteiger partial charge in [-0.25, -0.2) is 9.97 Å². The number of likely N-dealkylation sites (tertiary alicyclic amines) is 1. The van der Waals surface area contributed by atoms with Gasteiger partial charge in [0, 0.05) is 63.1 Å². The van der Waals surface area contributed by atoms with Crippen molar-refractivity contribution in [3.63, 3.8) is 0 Å². The molecule has 2 amide bonds. The van der Waals surface area contributed by atoms with E-state index in [1.54, 1.807) is 18.5 Å². The number of hydrogen-bond acceptors (Lipinski definition) is 6. The zero-order valence-corrected chi connectivity index (χ0v) is 18.2. The van der Waals surface area contributed by atoms with Crippen LogP contribution in [0.25, 0.3) is 0 Å². The summed E-state index contributed by atoms with van der Waals surface area (Å²) in [6.45, 7) is 4.90. The molecule has 2 aromatic rings. The number of anilines is 1. The molecular formula is C24H29N5O3. The normalized spacial score (nSPS) is 25.9. The second-order valence-electron chi connectivity index (χ2n) is 8.91. The van der Waals surface area contributed by atoms with Crippen LogP contribution in [0.4, 0.5) is 5.95 Å². The number of rotatable bonds is 3. The molecule has 1 aromatic carbocycles. The lowest BCUT2D eigenvalue weighted by atomic mass is 9.73. The van der Waals surface area contributed by atoms with E-state index in [-0.39, 0.29) is 17.7 Å².